The van der Waals surface area contributed by atoms with E-state index in [1.54, 1.807) is 14.2 Å². The molecule has 1 aromatic heterocycles. The van der Waals surface area contributed by atoms with Crippen LogP contribution in [-0.2, 0) is 11.3 Å². The Kier molecular flexibility index (Phi) is 3.50. The number of rotatable bonds is 4. The van der Waals surface area contributed by atoms with Crippen molar-refractivity contribution in [3.8, 4) is 11.4 Å². The lowest BCUT2D eigenvalue weighted by atomic mass is 10.2. The van der Waals surface area contributed by atoms with Crippen LogP contribution in [0.25, 0.3) is 16.7 Å². The van der Waals surface area contributed by atoms with Crippen molar-refractivity contribution < 1.29 is 9.47 Å². The van der Waals surface area contributed by atoms with Gasteiger partial charge in [0.15, 0.2) is 0 Å². The predicted molar refractivity (Wildman–Crippen MR) is 82.7 cm³/mol. The second-order valence-electron chi connectivity index (χ2n) is 4.76. The molecule has 3 rings (SSSR count). The zero-order chi connectivity index (χ0) is 14.8. The fourth-order valence-electron chi connectivity index (χ4n) is 2.42. The van der Waals surface area contributed by atoms with E-state index >= 15 is 0 Å². The smallest absolute Gasteiger partial charge is 0.205 e. The topological polar surface area (TPSA) is 62.3 Å². The fourth-order valence-corrected chi connectivity index (χ4v) is 2.42. The van der Waals surface area contributed by atoms with Crippen molar-refractivity contribution in [2.24, 2.45) is 0 Å². The number of hydrogen-bond donors (Lipinski definition) is 1. The second-order valence-corrected chi connectivity index (χ2v) is 4.76. The summed E-state index contributed by atoms with van der Waals surface area (Å²) in [6.07, 6.45) is 0. The van der Waals surface area contributed by atoms with Gasteiger partial charge in [-0.1, -0.05) is 12.1 Å². The van der Waals surface area contributed by atoms with Crippen LogP contribution in [0.15, 0.2) is 42.5 Å². The van der Waals surface area contributed by atoms with Crippen LogP contribution in [0.4, 0.5) is 5.95 Å². The summed E-state index contributed by atoms with van der Waals surface area (Å²) in [4.78, 5) is 4.39. The van der Waals surface area contributed by atoms with E-state index in [9.17, 15) is 0 Å². The minimum Gasteiger partial charge on any atom is -0.497 e. The summed E-state index contributed by atoms with van der Waals surface area (Å²) in [5, 5.41) is 0. The van der Waals surface area contributed by atoms with Gasteiger partial charge in [0, 0.05) is 18.9 Å². The lowest BCUT2D eigenvalue weighted by Gasteiger charge is -2.09. The Labute approximate surface area is 122 Å². The Hall–Kier alpha value is -2.53. The van der Waals surface area contributed by atoms with Crippen molar-refractivity contribution in [3.63, 3.8) is 0 Å². The quantitative estimate of drug-likeness (QED) is 0.799. The SMILES string of the molecule is COCc1cccc(-n2c(N)nc3ccc(OC)cc32)c1. The number of aromatic nitrogens is 2. The number of benzene rings is 2. The van der Waals surface area contributed by atoms with Crippen molar-refractivity contribution in [2.45, 2.75) is 6.61 Å². The van der Waals surface area contributed by atoms with Crippen molar-refractivity contribution in [3.05, 3.63) is 48.0 Å². The van der Waals surface area contributed by atoms with Crippen LogP contribution in [0.1, 0.15) is 5.56 Å². The van der Waals surface area contributed by atoms with Crippen LogP contribution >= 0.6 is 0 Å². The van der Waals surface area contributed by atoms with Gasteiger partial charge in [0.25, 0.3) is 0 Å². The second kappa shape index (κ2) is 5.46. The molecule has 21 heavy (non-hydrogen) atoms. The molecule has 0 spiro atoms. The zero-order valence-corrected chi connectivity index (χ0v) is 12.0. The molecule has 3 aromatic rings. The molecule has 0 aliphatic rings. The average molecular weight is 283 g/mol. The largest absolute Gasteiger partial charge is 0.497 e. The summed E-state index contributed by atoms with van der Waals surface area (Å²) in [5.41, 5.74) is 9.88. The Morgan fingerprint density at radius 3 is 2.76 bits per heavy atom. The molecule has 0 atom stereocenters. The Morgan fingerprint density at radius 1 is 1.14 bits per heavy atom. The molecule has 5 nitrogen and oxygen atoms in total. The first-order chi connectivity index (χ1) is 10.2. The average Bonchev–Trinajstić information content (AvgIpc) is 2.82. The number of nitrogen functional groups attached to an aromatic ring is 1. The van der Waals surface area contributed by atoms with Gasteiger partial charge in [-0.3, -0.25) is 4.57 Å². The van der Waals surface area contributed by atoms with E-state index in [0.29, 0.717) is 12.6 Å². The molecule has 0 aliphatic heterocycles. The van der Waals surface area contributed by atoms with Crippen LogP contribution in [0.3, 0.4) is 0 Å². The van der Waals surface area contributed by atoms with Crippen LogP contribution in [-0.4, -0.2) is 23.8 Å². The molecule has 0 amide bonds. The summed E-state index contributed by atoms with van der Waals surface area (Å²) in [5.74, 6) is 1.23. The highest BCUT2D eigenvalue weighted by molar-refractivity contribution is 5.82. The van der Waals surface area contributed by atoms with Crippen LogP contribution in [0.5, 0.6) is 5.75 Å². The molecule has 0 unspecified atom stereocenters. The fraction of sp³-hybridized carbons (Fsp3) is 0.188. The van der Waals surface area contributed by atoms with Gasteiger partial charge in [-0.15, -0.1) is 0 Å². The van der Waals surface area contributed by atoms with Gasteiger partial charge in [-0.25, -0.2) is 4.98 Å². The maximum absolute atomic E-state index is 6.08. The first-order valence-electron chi connectivity index (χ1n) is 6.63. The zero-order valence-electron chi connectivity index (χ0n) is 12.0. The van der Waals surface area contributed by atoms with E-state index < -0.39 is 0 Å². The normalized spacial score (nSPS) is 11.0. The maximum Gasteiger partial charge on any atom is 0.205 e. The molecular weight excluding hydrogens is 266 g/mol. The molecule has 2 aromatic carbocycles. The molecule has 0 bridgehead atoms. The summed E-state index contributed by atoms with van der Waals surface area (Å²) in [6.45, 7) is 0.559. The molecule has 108 valence electrons. The Balaban J connectivity index is 2.18. The first kappa shape index (κ1) is 13.5. The van der Waals surface area contributed by atoms with Crippen LogP contribution < -0.4 is 10.5 Å². The molecule has 5 heteroatoms. The maximum atomic E-state index is 6.08. The highest BCUT2D eigenvalue weighted by Gasteiger charge is 2.11. The molecule has 0 saturated heterocycles. The lowest BCUT2D eigenvalue weighted by molar-refractivity contribution is 0.185. The highest BCUT2D eigenvalue weighted by atomic mass is 16.5. The van der Waals surface area contributed by atoms with E-state index in [1.807, 2.05) is 47.0 Å². The molecule has 0 aliphatic carbocycles. The minimum atomic E-state index is 0.452. The molecule has 0 fully saturated rings. The van der Waals surface area contributed by atoms with E-state index in [4.69, 9.17) is 15.2 Å². The first-order valence-corrected chi connectivity index (χ1v) is 6.63. The summed E-state index contributed by atoms with van der Waals surface area (Å²) in [7, 11) is 3.32. The number of nitrogens with zero attached hydrogens (tertiary/aromatic N) is 2. The number of imidazole rings is 1. The third-order valence-electron chi connectivity index (χ3n) is 3.37. The number of methoxy groups -OCH3 is 2. The van der Waals surface area contributed by atoms with Gasteiger partial charge in [0.05, 0.1) is 24.8 Å². The van der Waals surface area contributed by atoms with Crippen LogP contribution in [0.2, 0.25) is 0 Å². The van der Waals surface area contributed by atoms with Crippen molar-refractivity contribution in [1.29, 1.82) is 0 Å². The van der Waals surface area contributed by atoms with E-state index in [1.165, 1.54) is 0 Å². The number of ether oxygens (including phenoxy) is 2. The molecule has 0 radical (unpaired) electrons. The Bertz CT molecular complexity index is 780. The molecule has 1 heterocycles. The van der Waals surface area contributed by atoms with Gasteiger partial charge in [0.2, 0.25) is 5.95 Å². The van der Waals surface area contributed by atoms with Crippen molar-refractivity contribution >= 4 is 17.0 Å². The van der Waals surface area contributed by atoms with E-state index in [2.05, 4.69) is 4.98 Å². The molecule has 0 saturated carbocycles. The predicted octanol–water partition coefficient (Wildman–Crippen LogP) is 2.76. The standard InChI is InChI=1S/C16H17N3O2/c1-20-10-11-4-3-5-12(8-11)19-15-9-13(21-2)6-7-14(15)18-16(19)17/h3-9H,10H2,1-2H3,(H2,17,18). The summed E-state index contributed by atoms with van der Waals surface area (Å²) in [6, 6.07) is 13.7. The van der Waals surface area contributed by atoms with E-state index in [0.717, 1.165) is 28.0 Å². The van der Waals surface area contributed by atoms with Gasteiger partial charge in [-0.2, -0.15) is 0 Å². The van der Waals surface area contributed by atoms with Gasteiger partial charge >= 0.3 is 0 Å². The van der Waals surface area contributed by atoms with Crippen molar-refractivity contribution in [1.82, 2.24) is 9.55 Å². The van der Waals surface area contributed by atoms with Gasteiger partial charge in [0.1, 0.15) is 5.75 Å². The highest BCUT2D eigenvalue weighted by Crippen LogP contribution is 2.27. The number of nitrogens with two attached hydrogens (primary N) is 1. The number of hydrogen-bond acceptors (Lipinski definition) is 4. The molecular formula is C16H17N3O2. The lowest BCUT2D eigenvalue weighted by Crippen LogP contribution is -2.01. The molecule has 2 N–H and O–H groups in total. The van der Waals surface area contributed by atoms with Crippen molar-refractivity contribution in [2.75, 3.05) is 20.0 Å². The monoisotopic (exact) mass is 283 g/mol. The Morgan fingerprint density at radius 2 is 2.00 bits per heavy atom. The van der Waals surface area contributed by atoms with Crippen LogP contribution in [0, 0.1) is 0 Å². The summed E-state index contributed by atoms with van der Waals surface area (Å²) < 4.78 is 12.4. The summed E-state index contributed by atoms with van der Waals surface area (Å²) >= 11 is 0. The minimum absolute atomic E-state index is 0.452. The number of fused-ring (bicyclic) bond motifs is 1. The van der Waals surface area contributed by atoms with E-state index in [-0.39, 0.29) is 0 Å². The van der Waals surface area contributed by atoms with Gasteiger partial charge < -0.3 is 15.2 Å². The third kappa shape index (κ3) is 2.43. The third-order valence-corrected chi connectivity index (χ3v) is 3.37. The number of anilines is 1. The van der Waals surface area contributed by atoms with Gasteiger partial charge in [-0.05, 0) is 29.8 Å².